The Morgan fingerprint density at radius 2 is 0.889 bits per heavy atom. The zero-order valence-electron chi connectivity index (χ0n) is 12.4. The van der Waals surface area contributed by atoms with E-state index >= 15 is 0 Å². The van der Waals surface area contributed by atoms with Gasteiger partial charge in [-0.15, -0.1) is 0 Å². The molecule has 0 aromatic rings. The second-order valence-electron chi connectivity index (χ2n) is 5.33. The van der Waals surface area contributed by atoms with Crippen LogP contribution in [0, 0.1) is 0 Å². The summed E-state index contributed by atoms with van der Waals surface area (Å²) in [5, 5.41) is 0. The van der Waals surface area contributed by atoms with Crippen molar-refractivity contribution in [2.75, 3.05) is 11.5 Å². The topological polar surface area (TPSA) is 34.1 Å². The van der Waals surface area contributed by atoms with E-state index in [1.54, 1.807) is 0 Å². The van der Waals surface area contributed by atoms with Crippen LogP contribution in [-0.2, 0) is 9.84 Å². The minimum atomic E-state index is -2.76. The van der Waals surface area contributed by atoms with Crippen LogP contribution in [-0.4, -0.2) is 19.9 Å². The third-order valence-corrected chi connectivity index (χ3v) is 5.19. The molecule has 3 heteroatoms. The molecule has 0 heterocycles. The first-order valence-electron chi connectivity index (χ1n) is 7.82. The zero-order valence-corrected chi connectivity index (χ0v) is 13.2. The molecule has 2 nitrogen and oxygen atoms in total. The summed E-state index contributed by atoms with van der Waals surface area (Å²) in [6.45, 7) is 4.36. The Kier molecular flexibility index (Phi) is 12.0. The van der Waals surface area contributed by atoms with Crippen LogP contribution in [0.15, 0.2) is 0 Å². The largest absolute Gasteiger partial charge is 0.229 e. The molecular formula is C15H32O2S. The van der Waals surface area contributed by atoms with Gasteiger partial charge < -0.3 is 0 Å². The van der Waals surface area contributed by atoms with Crippen LogP contribution in [0.1, 0.15) is 84.5 Å². The molecule has 0 aromatic carbocycles. The smallest absolute Gasteiger partial charge is 0.150 e. The molecule has 0 unspecified atom stereocenters. The molecule has 0 atom stereocenters. The van der Waals surface area contributed by atoms with Crippen molar-refractivity contribution in [3.05, 3.63) is 0 Å². The van der Waals surface area contributed by atoms with Gasteiger partial charge in [0.15, 0.2) is 0 Å². The predicted octanol–water partition coefficient (Wildman–Crippen LogP) is 4.73. The summed E-state index contributed by atoms with van der Waals surface area (Å²) in [6, 6.07) is 0. The lowest BCUT2D eigenvalue weighted by Crippen LogP contribution is -2.11. The minimum absolute atomic E-state index is 0.406. The van der Waals surface area contributed by atoms with E-state index in [1.807, 2.05) is 0 Å². The van der Waals surface area contributed by atoms with Crippen molar-refractivity contribution < 1.29 is 8.42 Å². The van der Waals surface area contributed by atoms with E-state index in [4.69, 9.17) is 0 Å². The van der Waals surface area contributed by atoms with Gasteiger partial charge >= 0.3 is 0 Å². The Hall–Kier alpha value is -0.0500. The Morgan fingerprint density at radius 1 is 0.556 bits per heavy atom. The van der Waals surface area contributed by atoms with Crippen LogP contribution in [0.2, 0.25) is 0 Å². The molecule has 0 aliphatic heterocycles. The Bertz CT molecular complexity index is 258. The number of sulfone groups is 1. The first-order chi connectivity index (χ1) is 8.62. The van der Waals surface area contributed by atoms with Gasteiger partial charge in [0.1, 0.15) is 9.84 Å². The molecule has 0 fully saturated rings. The molecule has 18 heavy (non-hydrogen) atoms. The molecule has 0 saturated carbocycles. The fourth-order valence-electron chi connectivity index (χ4n) is 2.13. The van der Waals surface area contributed by atoms with Crippen molar-refractivity contribution in [1.82, 2.24) is 0 Å². The SMILES string of the molecule is CCCCCCCCCS(=O)(=O)CCCCCC. The number of hydrogen-bond acceptors (Lipinski definition) is 2. The van der Waals surface area contributed by atoms with E-state index in [1.165, 1.54) is 32.1 Å². The lowest BCUT2D eigenvalue weighted by atomic mass is 10.1. The van der Waals surface area contributed by atoms with Gasteiger partial charge in [0.2, 0.25) is 0 Å². The highest BCUT2D eigenvalue weighted by atomic mass is 32.2. The average molecular weight is 276 g/mol. The van der Waals surface area contributed by atoms with Crippen LogP contribution >= 0.6 is 0 Å². The van der Waals surface area contributed by atoms with Crippen molar-refractivity contribution in [3.8, 4) is 0 Å². The third kappa shape index (κ3) is 12.4. The molecule has 110 valence electrons. The van der Waals surface area contributed by atoms with Crippen LogP contribution in [0.5, 0.6) is 0 Å². The highest BCUT2D eigenvalue weighted by Gasteiger charge is 2.09. The van der Waals surface area contributed by atoms with Crippen LogP contribution in [0.25, 0.3) is 0 Å². The van der Waals surface area contributed by atoms with Crippen LogP contribution in [0.4, 0.5) is 0 Å². The summed E-state index contributed by atoms with van der Waals surface area (Å²) in [5.41, 5.74) is 0. The highest BCUT2D eigenvalue weighted by molar-refractivity contribution is 7.91. The van der Waals surface area contributed by atoms with E-state index in [-0.39, 0.29) is 0 Å². The number of hydrogen-bond donors (Lipinski definition) is 0. The summed E-state index contributed by atoms with van der Waals surface area (Å²) in [6.07, 6.45) is 12.5. The molecule has 0 bridgehead atoms. The van der Waals surface area contributed by atoms with Crippen LogP contribution < -0.4 is 0 Å². The van der Waals surface area contributed by atoms with Crippen LogP contribution in [0.3, 0.4) is 0 Å². The van der Waals surface area contributed by atoms with Gasteiger partial charge in [-0.25, -0.2) is 8.42 Å². The molecule has 0 N–H and O–H groups in total. The molecule has 0 aromatic heterocycles. The maximum absolute atomic E-state index is 11.7. The van der Waals surface area contributed by atoms with Crippen molar-refractivity contribution in [2.45, 2.75) is 84.5 Å². The van der Waals surface area contributed by atoms with Crippen molar-refractivity contribution >= 4 is 9.84 Å². The number of rotatable bonds is 13. The van der Waals surface area contributed by atoms with Crippen molar-refractivity contribution in [1.29, 1.82) is 0 Å². The quantitative estimate of drug-likeness (QED) is 0.456. The molecule has 0 aliphatic rings. The summed E-state index contributed by atoms with van der Waals surface area (Å²) < 4.78 is 23.5. The van der Waals surface area contributed by atoms with Gasteiger partial charge in [-0.2, -0.15) is 0 Å². The first kappa shape index (κ1) is 17.9. The summed E-state index contributed by atoms with van der Waals surface area (Å²) in [5.74, 6) is 0.815. The maximum Gasteiger partial charge on any atom is 0.150 e. The predicted molar refractivity (Wildman–Crippen MR) is 80.8 cm³/mol. The normalized spacial score (nSPS) is 11.9. The minimum Gasteiger partial charge on any atom is -0.229 e. The van der Waals surface area contributed by atoms with Gasteiger partial charge in [-0.05, 0) is 12.8 Å². The summed E-state index contributed by atoms with van der Waals surface area (Å²) in [4.78, 5) is 0. The molecule has 0 amide bonds. The lowest BCUT2D eigenvalue weighted by molar-refractivity contribution is 0.574. The monoisotopic (exact) mass is 276 g/mol. The van der Waals surface area contributed by atoms with Gasteiger partial charge in [-0.3, -0.25) is 0 Å². The van der Waals surface area contributed by atoms with E-state index < -0.39 is 9.84 Å². The van der Waals surface area contributed by atoms with Gasteiger partial charge in [-0.1, -0.05) is 71.6 Å². The van der Waals surface area contributed by atoms with Gasteiger partial charge in [0.25, 0.3) is 0 Å². The molecule has 0 radical (unpaired) electrons. The van der Waals surface area contributed by atoms with E-state index in [0.717, 1.165) is 38.5 Å². The summed E-state index contributed by atoms with van der Waals surface area (Å²) in [7, 11) is -2.76. The highest BCUT2D eigenvalue weighted by Crippen LogP contribution is 2.09. The fourth-order valence-corrected chi connectivity index (χ4v) is 3.62. The molecule has 0 spiro atoms. The second-order valence-corrected chi connectivity index (χ2v) is 7.64. The first-order valence-corrected chi connectivity index (χ1v) is 9.65. The Labute approximate surface area is 114 Å². The third-order valence-electron chi connectivity index (χ3n) is 3.37. The fraction of sp³-hybridized carbons (Fsp3) is 1.00. The second kappa shape index (κ2) is 12.0. The molecule has 0 aliphatic carbocycles. The molecular weight excluding hydrogens is 244 g/mol. The standard InChI is InChI=1S/C15H32O2S/c1-3-5-7-9-10-11-13-15-18(16,17)14-12-8-6-4-2/h3-15H2,1-2H3. The number of unbranched alkanes of at least 4 members (excludes halogenated alkanes) is 9. The maximum atomic E-state index is 11.7. The van der Waals surface area contributed by atoms with Gasteiger partial charge in [0, 0.05) is 0 Å². The Morgan fingerprint density at radius 3 is 1.33 bits per heavy atom. The molecule has 0 rings (SSSR count). The summed E-state index contributed by atoms with van der Waals surface area (Å²) >= 11 is 0. The van der Waals surface area contributed by atoms with Crippen molar-refractivity contribution in [3.63, 3.8) is 0 Å². The van der Waals surface area contributed by atoms with E-state index in [2.05, 4.69) is 13.8 Å². The van der Waals surface area contributed by atoms with E-state index in [0.29, 0.717) is 11.5 Å². The van der Waals surface area contributed by atoms with Crippen molar-refractivity contribution in [2.24, 2.45) is 0 Å². The zero-order chi connectivity index (χ0) is 13.7. The Balaban J connectivity index is 3.41. The molecule has 0 saturated heterocycles. The average Bonchev–Trinajstić information content (AvgIpc) is 2.34. The lowest BCUT2D eigenvalue weighted by Gasteiger charge is -2.04. The van der Waals surface area contributed by atoms with Gasteiger partial charge in [0.05, 0.1) is 11.5 Å². The van der Waals surface area contributed by atoms with E-state index in [9.17, 15) is 8.42 Å².